The number of sulfonamides is 1. The first-order chi connectivity index (χ1) is 9.86. The fourth-order valence-electron chi connectivity index (χ4n) is 2.44. The average molecular weight is 301 g/mol. The second-order valence-electron chi connectivity index (χ2n) is 5.12. The van der Waals surface area contributed by atoms with E-state index in [1.165, 1.54) is 6.07 Å². The minimum Gasteiger partial charge on any atom is -0.346 e. The van der Waals surface area contributed by atoms with Gasteiger partial charge in [-0.05, 0) is 42.7 Å². The van der Waals surface area contributed by atoms with Crippen LogP contribution in [-0.2, 0) is 10.0 Å². The van der Waals surface area contributed by atoms with Crippen molar-refractivity contribution in [3.8, 4) is 11.1 Å². The molecule has 0 saturated carbocycles. The average Bonchev–Trinajstić information content (AvgIpc) is 2.78. The molecule has 2 heterocycles. The van der Waals surface area contributed by atoms with Crippen molar-refractivity contribution < 1.29 is 8.42 Å². The number of H-pyrrole nitrogens is 1. The van der Waals surface area contributed by atoms with Crippen LogP contribution in [-0.4, -0.2) is 18.4 Å². The van der Waals surface area contributed by atoms with Gasteiger partial charge in [-0.25, -0.2) is 18.5 Å². The minimum atomic E-state index is -3.69. The molecular weight excluding hydrogens is 286 g/mol. The van der Waals surface area contributed by atoms with Crippen LogP contribution >= 0.6 is 0 Å². The first-order valence-electron chi connectivity index (χ1n) is 6.44. The third-order valence-corrected chi connectivity index (χ3v) is 4.62. The number of fused-ring (bicyclic) bond motifs is 1. The first-order valence-corrected chi connectivity index (χ1v) is 7.98. The van der Waals surface area contributed by atoms with Crippen molar-refractivity contribution in [1.29, 1.82) is 0 Å². The molecule has 0 bridgehead atoms. The fourth-order valence-corrected chi connectivity index (χ4v) is 3.21. The van der Waals surface area contributed by atoms with E-state index in [0.717, 1.165) is 27.7 Å². The van der Waals surface area contributed by atoms with Crippen molar-refractivity contribution in [3.63, 3.8) is 0 Å². The van der Waals surface area contributed by atoms with Crippen LogP contribution < -0.4 is 5.14 Å². The predicted octanol–water partition coefficient (Wildman–Crippen LogP) is 2.49. The van der Waals surface area contributed by atoms with Crippen molar-refractivity contribution in [1.82, 2.24) is 9.97 Å². The molecule has 3 rings (SSSR count). The molecule has 0 aliphatic rings. The van der Waals surface area contributed by atoms with E-state index in [0.29, 0.717) is 5.56 Å². The van der Waals surface area contributed by atoms with Gasteiger partial charge in [-0.3, -0.25) is 0 Å². The first kappa shape index (κ1) is 13.8. The molecule has 0 fully saturated rings. The molecule has 0 atom stereocenters. The normalized spacial score (nSPS) is 12.0. The number of primary sulfonamides is 1. The van der Waals surface area contributed by atoms with Crippen LogP contribution in [0, 0.1) is 13.8 Å². The summed E-state index contributed by atoms with van der Waals surface area (Å²) in [5.41, 5.74) is 4.44. The summed E-state index contributed by atoms with van der Waals surface area (Å²) in [4.78, 5) is 7.63. The molecule has 6 heteroatoms. The van der Waals surface area contributed by atoms with Crippen molar-refractivity contribution in [2.24, 2.45) is 5.14 Å². The van der Waals surface area contributed by atoms with E-state index >= 15 is 0 Å². The number of pyridine rings is 1. The molecule has 0 amide bonds. The SMILES string of the molecule is Cc1cc(-c2cnc3[nH]cc(C)c3c2)ccc1S(N)(=O)=O. The molecule has 0 radical (unpaired) electrons. The Bertz CT molecular complexity index is 943. The monoisotopic (exact) mass is 301 g/mol. The molecule has 1 aromatic carbocycles. The minimum absolute atomic E-state index is 0.151. The summed E-state index contributed by atoms with van der Waals surface area (Å²) in [6.07, 6.45) is 3.68. The third kappa shape index (κ3) is 2.43. The third-order valence-electron chi connectivity index (χ3n) is 3.55. The van der Waals surface area contributed by atoms with Gasteiger partial charge < -0.3 is 4.98 Å². The van der Waals surface area contributed by atoms with Gasteiger partial charge in [-0.15, -0.1) is 0 Å². The van der Waals surface area contributed by atoms with Gasteiger partial charge in [0.05, 0.1) is 4.90 Å². The molecule has 5 nitrogen and oxygen atoms in total. The molecule has 21 heavy (non-hydrogen) atoms. The predicted molar refractivity (Wildman–Crippen MR) is 82.4 cm³/mol. The summed E-state index contributed by atoms with van der Waals surface area (Å²) in [5, 5.41) is 6.24. The topological polar surface area (TPSA) is 88.8 Å². The van der Waals surface area contributed by atoms with E-state index < -0.39 is 10.0 Å². The lowest BCUT2D eigenvalue weighted by atomic mass is 10.0. The van der Waals surface area contributed by atoms with Gasteiger partial charge in [0.2, 0.25) is 10.0 Å². The molecular formula is C15H15N3O2S. The number of hydrogen-bond donors (Lipinski definition) is 2. The van der Waals surface area contributed by atoms with E-state index in [2.05, 4.69) is 9.97 Å². The molecule has 0 aliphatic carbocycles. The van der Waals surface area contributed by atoms with Crippen LogP contribution in [0.15, 0.2) is 41.6 Å². The zero-order valence-corrected chi connectivity index (χ0v) is 12.5. The van der Waals surface area contributed by atoms with E-state index in [9.17, 15) is 8.42 Å². The highest BCUT2D eigenvalue weighted by Crippen LogP contribution is 2.27. The zero-order chi connectivity index (χ0) is 15.2. The summed E-state index contributed by atoms with van der Waals surface area (Å²) in [5.74, 6) is 0. The summed E-state index contributed by atoms with van der Waals surface area (Å²) >= 11 is 0. The quantitative estimate of drug-likeness (QED) is 0.762. The van der Waals surface area contributed by atoms with Crippen molar-refractivity contribution in [3.05, 3.63) is 47.8 Å². The number of benzene rings is 1. The number of hydrogen-bond acceptors (Lipinski definition) is 3. The number of aromatic nitrogens is 2. The van der Waals surface area contributed by atoms with Crippen molar-refractivity contribution in [2.75, 3.05) is 0 Å². The lowest BCUT2D eigenvalue weighted by Gasteiger charge is -2.07. The largest absolute Gasteiger partial charge is 0.346 e. The zero-order valence-electron chi connectivity index (χ0n) is 11.7. The second-order valence-corrected chi connectivity index (χ2v) is 6.65. The number of rotatable bonds is 2. The van der Waals surface area contributed by atoms with E-state index in [1.807, 2.05) is 25.3 Å². The number of aryl methyl sites for hydroxylation is 2. The smallest absolute Gasteiger partial charge is 0.238 e. The Morgan fingerprint density at radius 1 is 1.10 bits per heavy atom. The summed E-state index contributed by atoms with van der Waals surface area (Å²) < 4.78 is 22.9. The van der Waals surface area contributed by atoms with Crippen LogP contribution in [0.5, 0.6) is 0 Å². The summed E-state index contributed by atoms with van der Waals surface area (Å²) in [7, 11) is -3.69. The van der Waals surface area contributed by atoms with Gasteiger partial charge in [-0.1, -0.05) is 12.1 Å². The Morgan fingerprint density at radius 3 is 2.52 bits per heavy atom. The standard InChI is InChI=1S/C15H15N3O2S/c1-9-5-11(3-4-14(9)21(16,19)20)12-6-13-10(2)7-17-15(13)18-8-12/h3-8H,1-2H3,(H,17,18)(H2,16,19,20). The van der Waals surface area contributed by atoms with Gasteiger partial charge in [0.1, 0.15) is 5.65 Å². The molecule has 108 valence electrons. The molecule has 3 N–H and O–H groups in total. The van der Waals surface area contributed by atoms with E-state index in [1.54, 1.807) is 19.2 Å². The van der Waals surface area contributed by atoms with Crippen LogP contribution in [0.25, 0.3) is 22.2 Å². The Morgan fingerprint density at radius 2 is 1.86 bits per heavy atom. The van der Waals surface area contributed by atoms with Gasteiger partial charge >= 0.3 is 0 Å². The molecule has 0 spiro atoms. The molecule has 2 aromatic heterocycles. The Kier molecular flexibility index (Phi) is 3.07. The molecule has 0 saturated heterocycles. The van der Waals surface area contributed by atoms with Gasteiger partial charge in [0.25, 0.3) is 0 Å². The fraction of sp³-hybridized carbons (Fsp3) is 0.133. The van der Waals surface area contributed by atoms with Gasteiger partial charge in [0.15, 0.2) is 0 Å². The van der Waals surface area contributed by atoms with Crippen LogP contribution in [0.3, 0.4) is 0 Å². The lowest BCUT2D eigenvalue weighted by molar-refractivity contribution is 0.597. The molecule has 0 aliphatic heterocycles. The summed E-state index contributed by atoms with van der Waals surface area (Å²) in [6.45, 7) is 3.75. The maximum absolute atomic E-state index is 11.4. The van der Waals surface area contributed by atoms with E-state index in [-0.39, 0.29) is 4.90 Å². The highest BCUT2D eigenvalue weighted by atomic mass is 32.2. The number of nitrogens with one attached hydrogen (secondary N) is 1. The van der Waals surface area contributed by atoms with Gasteiger partial charge in [-0.2, -0.15) is 0 Å². The number of nitrogens with zero attached hydrogens (tertiary/aromatic N) is 1. The van der Waals surface area contributed by atoms with E-state index in [4.69, 9.17) is 5.14 Å². The highest BCUT2D eigenvalue weighted by Gasteiger charge is 2.12. The van der Waals surface area contributed by atoms with Crippen molar-refractivity contribution >= 4 is 21.1 Å². The van der Waals surface area contributed by atoms with Crippen LogP contribution in [0.1, 0.15) is 11.1 Å². The lowest BCUT2D eigenvalue weighted by Crippen LogP contribution is -2.13. The maximum atomic E-state index is 11.4. The maximum Gasteiger partial charge on any atom is 0.238 e. The summed E-state index contributed by atoms with van der Waals surface area (Å²) in [6, 6.07) is 7.13. The van der Waals surface area contributed by atoms with Crippen LogP contribution in [0.4, 0.5) is 0 Å². The van der Waals surface area contributed by atoms with Gasteiger partial charge in [0, 0.05) is 23.3 Å². The van der Waals surface area contributed by atoms with Crippen molar-refractivity contribution in [2.45, 2.75) is 18.7 Å². The Hall–Kier alpha value is -2.18. The second kappa shape index (κ2) is 4.68. The highest BCUT2D eigenvalue weighted by molar-refractivity contribution is 7.89. The molecule has 0 unspecified atom stereocenters. The number of nitrogens with two attached hydrogens (primary N) is 1. The number of aromatic amines is 1. The van der Waals surface area contributed by atoms with Crippen LogP contribution in [0.2, 0.25) is 0 Å². The Balaban J connectivity index is 2.14. The molecule has 3 aromatic rings. The Labute approximate surface area is 122 Å².